The summed E-state index contributed by atoms with van der Waals surface area (Å²) < 4.78 is 0. The van der Waals surface area contributed by atoms with E-state index >= 15 is 0 Å². The maximum Gasteiger partial charge on any atom is 0.335 e. The number of hydrogen-bond acceptors (Lipinski definition) is 4. The summed E-state index contributed by atoms with van der Waals surface area (Å²) in [6, 6.07) is 23.3. The maximum atomic E-state index is 10.8. The molecule has 3 aromatic rings. The fourth-order valence-electron chi connectivity index (χ4n) is 2.35. The van der Waals surface area contributed by atoms with Crippen LogP contribution in [0, 0.1) is 6.92 Å². The van der Waals surface area contributed by atoms with Crippen molar-refractivity contribution in [3.8, 4) is 11.1 Å². The van der Waals surface area contributed by atoms with Crippen LogP contribution in [0.25, 0.3) is 11.1 Å². The Kier molecular flexibility index (Phi) is 8.68. The Morgan fingerprint density at radius 1 is 0.704 bits per heavy atom. The number of aromatic carboxylic acids is 1. The Morgan fingerprint density at radius 2 is 1.07 bits per heavy atom. The van der Waals surface area contributed by atoms with Gasteiger partial charge in [0.2, 0.25) is 0 Å². The summed E-state index contributed by atoms with van der Waals surface area (Å²) in [5.74, 6) is -0.918. The topological polar surface area (TPSA) is 83.5 Å². The first-order valence-corrected chi connectivity index (χ1v) is 7.97. The highest BCUT2D eigenvalue weighted by Gasteiger charge is 2.02. The Hall–Kier alpha value is -3.73. The van der Waals surface area contributed by atoms with Gasteiger partial charge in [-0.25, -0.2) is 4.79 Å². The minimum atomic E-state index is -0.918. The third kappa shape index (κ3) is 6.25. The van der Waals surface area contributed by atoms with Crippen molar-refractivity contribution in [2.75, 3.05) is 5.32 Å². The molecular weight excluding hydrogens is 342 g/mol. The van der Waals surface area contributed by atoms with Gasteiger partial charge in [-0.15, -0.1) is 0 Å². The largest absolute Gasteiger partial charge is 0.478 e. The van der Waals surface area contributed by atoms with Crippen molar-refractivity contribution >= 4 is 30.9 Å². The highest BCUT2D eigenvalue weighted by atomic mass is 16.4. The average molecular weight is 363 g/mol. The summed E-state index contributed by atoms with van der Waals surface area (Å²) >= 11 is 0. The molecule has 5 nitrogen and oxygen atoms in total. The number of carboxylic acid groups (broad SMARTS) is 1. The molecule has 0 fully saturated rings. The predicted octanol–water partition coefficient (Wildman–Crippen LogP) is 4.73. The van der Waals surface area contributed by atoms with Crippen LogP contribution < -0.4 is 5.32 Å². The molecule has 0 aliphatic rings. The van der Waals surface area contributed by atoms with Crippen molar-refractivity contribution in [2.45, 2.75) is 6.92 Å². The summed E-state index contributed by atoms with van der Waals surface area (Å²) in [7, 11) is 0. The minimum absolute atomic E-state index is 0.283. The van der Waals surface area contributed by atoms with Crippen LogP contribution in [0.3, 0.4) is 0 Å². The molecule has 27 heavy (non-hydrogen) atoms. The Bertz CT molecular complexity index is 839. The quantitative estimate of drug-likeness (QED) is 0.700. The predicted molar refractivity (Wildman–Crippen MR) is 108 cm³/mol. The van der Waals surface area contributed by atoms with E-state index in [9.17, 15) is 4.79 Å². The van der Waals surface area contributed by atoms with E-state index < -0.39 is 5.97 Å². The lowest BCUT2D eigenvalue weighted by atomic mass is 10.0. The van der Waals surface area contributed by atoms with E-state index in [1.54, 1.807) is 24.3 Å². The van der Waals surface area contributed by atoms with Gasteiger partial charge >= 0.3 is 5.97 Å². The number of hydrogen-bond donors (Lipinski definition) is 2. The van der Waals surface area contributed by atoms with Crippen LogP contribution in [0.15, 0.2) is 72.8 Å². The van der Waals surface area contributed by atoms with Gasteiger partial charge in [0, 0.05) is 11.4 Å². The van der Waals surface area contributed by atoms with Crippen LogP contribution in [0.1, 0.15) is 15.9 Å². The number of benzene rings is 3. The number of rotatable bonds is 4. The molecule has 3 rings (SSSR count). The fraction of sp³-hybridized carbons (Fsp3) is 0.0455. The first-order valence-electron chi connectivity index (χ1n) is 7.97. The van der Waals surface area contributed by atoms with Crippen LogP contribution in [-0.4, -0.2) is 24.7 Å². The summed E-state index contributed by atoms with van der Waals surface area (Å²) in [5, 5.41) is 12.2. The second-order valence-corrected chi connectivity index (χ2v) is 5.45. The van der Waals surface area contributed by atoms with E-state index in [1.807, 2.05) is 25.7 Å². The minimum Gasteiger partial charge on any atom is -0.478 e. The number of aryl methyl sites for hydroxylation is 1. The van der Waals surface area contributed by atoms with Crippen LogP contribution in [0.2, 0.25) is 0 Å². The monoisotopic (exact) mass is 363 g/mol. The van der Waals surface area contributed by atoms with Gasteiger partial charge in [-0.1, -0.05) is 42.0 Å². The third-order valence-electron chi connectivity index (χ3n) is 3.69. The first kappa shape index (κ1) is 21.3. The van der Waals surface area contributed by atoms with Gasteiger partial charge in [0.1, 0.15) is 13.6 Å². The number of nitrogens with one attached hydrogen (secondary N) is 1. The van der Waals surface area contributed by atoms with Crippen molar-refractivity contribution in [1.82, 2.24) is 0 Å². The smallest absolute Gasteiger partial charge is 0.335 e. The maximum absolute atomic E-state index is 10.8. The molecule has 0 saturated heterocycles. The van der Waals surface area contributed by atoms with Crippen molar-refractivity contribution in [3.05, 3.63) is 83.9 Å². The lowest BCUT2D eigenvalue weighted by molar-refractivity contribution is -0.0987. The van der Waals surface area contributed by atoms with E-state index in [0.29, 0.717) is 0 Å². The Morgan fingerprint density at radius 3 is 1.48 bits per heavy atom. The molecule has 0 saturated carbocycles. The molecule has 0 atom stereocenters. The summed E-state index contributed by atoms with van der Waals surface area (Å²) in [4.78, 5) is 26.8. The number of carbonyl (C=O) groups is 3. The van der Waals surface area contributed by atoms with E-state index in [2.05, 4.69) is 48.6 Å². The lowest BCUT2D eigenvalue weighted by Gasteiger charge is -2.08. The first-order chi connectivity index (χ1) is 13.1. The molecule has 0 bridgehead atoms. The van der Waals surface area contributed by atoms with Gasteiger partial charge in [0.05, 0.1) is 5.56 Å². The standard InChI is InChI=1S/C20H17NO2.2CH2O/c1-14-2-4-15(5-3-14)16-6-10-18(11-7-16)21-19-12-8-17(9-13-19)20(22)23;2*1-2/h2-13,21H,1H3,(H,22,23);2*1H2. The molecule has 0 unspecified atom stereocenters. The molecule has 0 aliphatic heterocycles. The van der Waals surface area contributed by atoms with Crippen LogP contribution in [0.4, 0.5) is 11.4 Å². The third-order valence-corrected chi connectivity index (χ3v) is 3.69. The van der Waals surface area contributed by atoms with E-state index in [0.717, 1.165) is 16.9 Å². The zero-order chi connectivity index (χ0) is 20.2. The molecule has 5 heteroatoms. The summed E-state index contributed by atoms with van der Waals surface area (Å²) in [6.07, 6.45) is 0. The van der Waals surface area contributed by atoms with Gasteiger partial charge in [-0.3, -0.25) is 0 Å². The van der Waals surface area contributed by atoms with Crippen LogP contribution in [-0.2, 0) is 9.59 Å². The lowest BCUT2D eigenvalue weighted by Crippen LogP contribution is -1.96. The normalized spacial score (nSPS) is 9.07. The molecule has 0 heterocycles. The molecule has 2 N–H and O–H groups in total. The van der Waals surface area contributed by atoms with Gasteiger partial charge < -0.3 is 20.0 Å². The van der Waals surface area contributed by atoms with Crippen LogP contribution in [0.5, 0.6) is 0 Å². The SMILES string of the molecule is C=O.C=O.Cc1ccc(-c2ccc(Nc3ccc(C(=O)O)cc3)cc2)cc1. The summed E-state index contributed by atoms with van der Waals surface area (Å²) in [5.41, 5.74) is 5.70. The highest BCUT2D eigenvalue weighted by molar-refractivity contribution is 5.88. The molecule has 0 spiro atoms. The second-order valence-electron chi connectivity index (χ2n) is 5.45. The number of anilines is 2. The second kappa shape index (κ2) is 11.0. The summed E-state index contributed by atoms with van der Waals surface area (Å²) in [6.45, 7) is 6.08. The molecule has 0 amide bonds. The average Bonchev–Trinajstić information content (AvgIpc) is 2.73. The van der Waals surface area contributed by atoms with Crippen molar-refractivity contribution in [2.24, 2.45) is 0 Å². The fourth-order valence-corrected chi connectivity index (χ4v) is 2.35. The van der Waals surface area contributed by atoms with Crippen molar-refractivity contribution in [1.29, 1.82) is 0 Å². The van der Waals surface area contributed by atoms with Crippen molar-refractivity contribution in [3.63, 3.8) is 0 Å². The molecule has 0 aliphatic carbocycles. The van der Waals surface area contributed by atoms with Crippen molar-refractivity contribution < 1.29 is 19.5 Å². The number of carbonyl (C=O) groups excluding carboxylic acids is 2. The van der Waals surface area contributed by atoms with Gasteiger partial charge in [-0.2, -0.15) is 0 Å². The molecule has 0 aromatic heterocycles. The molecule has 138 valence electrons. The highest BCUT2D eigenvalue weighted by Crippen LogP contribution is 2.23. The van der Waals surface area contributed by atoms with E-state index in [4.69, 9.17) is 14.7 Å². The molecular formula is C22H21NO4. The van der Waals surface area contributed by atoms with E-state index in [-0.39, 0.29) is 5.56 Å². The van der Waals surface area contributed by atoms with Gasteiger partial charge in [0.25, 0.3) is 0 Å². The zero-order valence-electron chi connectivity index (χ0n) is 15.0. The van der Waals surface area contributed by atoms with Gasteiger partial charge in [-0.05, 0) is 54.4 Å². The van der Waals surface area contributed by atoms with Crippen LogP contribution >= 0.6 is 0 Å². The zero-order valence-corrected chi connectivity index (χ0v) is 15.0. The Labute approximate surface area is 158 Å². The molecule has 3 aromatic carbocycles. The number of carboxylic acids is 1. The Balaban J connectivity index is 0.000000855. The molecule has 0 radical (unpaired) electrons. The van der Waals surface area contributed by atoms with E-state index in [1.165, 1.54) is 11.1 Å². The van der Waals surface area contributed by atoms with Gasteiger partial charge in [0.15, 0.2) is 0 Å².